The van der Waals surface area contributed by atoms with Gasteiger partial charge in [-0.2, -0.15) is 11.3 Å². The molecule has 0 amide bonds. The van der Waals surface area contributed by atoms with E-state index in [0.717, 1.165) is 19.4 Å². The average molecular weight is 279 g/mol. The van der Waals surface area contributed by atoms with E-state index in [2.05, 4.69) is 48.1 Å². The highest BCUT2D eigenvalue weighted by molar-refractivity contribution is 7.12. The molecule has 0 spiro atoms. The molecule has 2 aromatic heterocycles. The normalized spacial score (nSPS) is 12.8. The van der Waals surface area contributed by atoms with Gasteiger partial charge in [-0.05, 0) is 53.9 Å². The van der Waals surface area contributed by atoms with E-state index in [4.69, 9.17) is 0 Å². The first-order valence-electron chi connectivity index (χ1n) is 6.66. The molecule has 98 valence electrons. The van der Waals surface area contributed by atoms with E-state index in [1.807, 2.05) is 11.3 Å². The summed E-state index contributed by atoms with van der Waals surface area (Å²) in [6.07, 6.45) is 3.45. The predicted octanol–water partition coefficient (Wildman–Crippen LogP) is 4.66. The van der Waals surface area contributed by atoms with Crippen molar-refractivity contribution in [1.29, 1.82) is 0 Å². The van der Waals surface area contributed by atoms with Crippen molar-refractivity contribution in [2.24, 2.45) is 0 Å². The van der Waals surface area contributed by atoms with Crippen LogP contribution in [0.1, 0.15) is 41.6 Å². The van der Waals surface area contributed by atoms with Gasteiger partial charge in [0, 0.05) is 22.2 Å². The highest BCUT2D eigenvalue weighted by atomic mass is 32.1. The van der Waals surface area contributed by atoms with Crippen molar-refractivity contribution in [1.82, 2.24) is 5.32 Å². The molecule has 2 aromatic rings. The largest absolute Gasteiger partial charge is 0.310 e. The Bertz CT molecular complexity index is 445. The van der Waals surface area contributed by atoms with E-state index < -0.39 is 0 Å². The van der Waals surface area contributed by atoms with Gasteiger partial charge in [-0.25, -0.2) is 0 Å². The third-order valence-corrected chi connectivity index (χ3v) is 5.01. The number of thiophene rings is 2. The van der Waals surface area contributed by atoms with Crippen LogP contribution < -0.4 is 5.32 Å². The van der Waals surface area contributed by atoms with Gasteiger partial charge in [0.2, 0.25) is 0 Å². The van der Waals surface area contributed by atoms with Gasteiger partial charge < -0.3 is 5.32 Å². The summed E-state index contributed by atoms with van der Waals surface area (Å²) in [6, 6.07) is 7.27. The van der Waals surface area contributed by atoms with Crippen molar-refractivity contribution < 1.29 is 0 Å². The molecule has 1 unspecified atom stereocenters. The second-order valence-corrected chi connectivity index (χ2v) is 6.52. The molecule has 2 heterocycles. The van der Waals surface area contributed by atoms with Crippen LogP contribution in [0.25, 0.3) is 0 Å². The van der Waals surface area contributed by atoms with Gasteiger partial charge in [-0.15, -0.1) is 11.3 Å². The molecule has 0 aromatic carbocycles. The summed E-state index contributed by atoms with van der Waals surface area (Å²) in [5.74, 6) is 0. The van der Waals surface area contributed by atoms with Crippen molar-refractivity contribution in [2.75, 3.05) is 6.54 Å². The van der Waals surface area contributed by atoms with E-state index in [1.165, 1.54) is 21.7 Å². The Labute approximate surface area is 118 Å². The molecule has 0 aliphatic heterocycles. The van der Waals surface area contributed by atoms with Gasteiger partial charge in [0.25, 0.3) is 0 Å². The van der Waals surface area contributed by atoms with E-state index in [9.17, 15) is 0 Å². The summed E-state index contributed by atoms with van der Waals surface area (Å²) >= 11 is 3.74. The molecule has 0 bridgehead atoms. The fraction of sp³-hybridized carbons (Fsp3) is 0.467. The lowest BCUT2D eigenvalue weighted by Gasteiger charge is -2.16. The SMILES string of the molecule is CCCNC(Cc1ccc(CC)s1)c1ccsc1. The van der Waals surface area contributed by atoms with Crippen LogP contribution in [0.2, 0.25) is 0 Å². The predicted molar refractivity (Wildman–Crippen MR) is 82.8 cm³/mol. The number of nitrogens with one attached hydrogen (secondary N) is 1. The molecular weight excluding hydrogens is 258 g/mol. The third kappa shape index (κ3) is 3.67. The van der Waals surface area contributed by atoms with Crippen LogP contribution >= 0.6 is 22.7 Å². The molecule has 2 rings (SSSR count). The van der Waals surface area contributed by atoms with Crippen molar-refractivity contribution in [3.8, 4) is 0 Å². The second kappa shape index (κ2) is 7.07. The molecule has 1 nitrogen and oxygen atoms in total. The summed E-state index contributed by atoms with van der Waals surface area (Å²) in [4.78, 5) is 2.98. The summed E-state index contributed by atoms with van der Waals surface area (Å²) < 4.78 is 0. The summed E-state index contributed by atoms with van der Waals surface area (Å²) in [7, 11) is 0. The van der Waals surface area contributed by atoms with Crippen molar-refractivity contribution in [3.05, 3.63) is 44.3 Å². The van der Waals surface area contributed by atoms with Crippen LogP contribution in [0.3, 0.4) is 0 Å². The van der Waals surface area contributed by atoms with E-state index in [0.29, 0.717) is 6.04 Å². The lowest BCUT2D eigenvalue weighted by molar-refractivity contribution is 0.533. The molecule has 1 atom stereocenters. The molecule has 1 N–H and O–H groups in total. The van der Waals surface area contributed by atoms with Crippen LogP contribution in [-0.2, 0) is 12.8 Å². The van der Waals surface area contributed by atoms with Crippen LogP contribution in [0.5, 0.6) is 0 Å². The Hall–Kier alpha value is -0.640. The number of hydrogen-bond donors (Lipinski definition) is 1. The van der Waals surface area contributed by atoms with Crippen LogP contribution in [0.4, 0.5) is 0 Å². The minimum atomic E-state index is 0.472. The van der Waals surface area contributed by atoms with Crippen molar-refractivity contribution >= 4 is 22.7 Å². The Morgan fingerprint density at radius 1 is 1.17 bits per heavy atom. The Morgan fingerprint density at radius 3 is 2.61 bits per heavy atom. The standard InChI is InChI=1S/C15H21NS2/c1-3-8-16-15(12-7-9-17-11-12)10-14-6-5-13(4-2)18-14/h5-7,9,11,15-16H,3-4,8,10H2,1-2H3. The van der Waals surface area contributed by atoms with Crippen LogP contribution in [0, 0.1) is 0 Å². The highest BCUT2D eigenvalue weighted by Gasteiger charge is 2.13. The minimum absolute atomic E-state index is 0.472. The van der Waals surface area contributed by atoms with Gasteiger partial charge in [0.05, 0.1) is 0 Å². The fourth-order valence-electron chi connectivity index (χ4n) is 2.02. The fourth-order valence-corrected chi connectivity index (χ4v) is 3.74. The monoisotopic (exact) mass is 279 g/mol. The summed E-state index contributed by atoms with van der Waals surface area (Å²) in [5.41, 5.74) is 1.43. The Kier molecular flexibility index (Phi) is 5.42. The van der Waals surface area contributed by atoms with Gasteiger partial charge in [0.1, 0.15) is 0 Å². The smallest absolute Gasteiger partial charge is 0.0377 e. The number of hydrogen-bond acceptors (Lipinski definition) is 3. The highest BCUT2D eigenvalue weighted by Crippen LogP contribution is 2.25. The van der Waals surface area contributed by atoms with Crippen LogP contribution in [-0.4, -0.2) is 6.54 Å². The zero-order chi connectivity index (χ0) is 12.8. The van der Waals surface area contributed by atoms with E-state index in [-0.39, 0.29) is 0 Å². The van der Waals surface area contributed by atoms with Crippen molar-refractivity contribution in [2.45, 2.75) is 39.2 Å². The molecule has 0 fully saturated rings. The molecule has 0 saturated heterocycles. The van der Waals surface area contributed by atoms with E-state index >= 15 is 0 Å². The third-order valence-electron chi connectivity index (χ3n) is 3.06. The molecule has 0 radical (unpaired) electrons. The first kappa shape index (κ1) is 13.8. The zero-order valence-corrected chi connectivity index (χ0v) is 12.7. The molecule has 0 saturated carbocycles. The quantitative estimate of drug-likeness (QED) is 0.777. The zero-order valence-electron chi connectivity index (χ0n) is 11.1. The number of aryl methyl sites for hydroxylation is 1. The topological polar surface area (TPSA) is 12.0 Å². The second-order valence-electron chi connectivity index (χ2n) is 4.49. The van der Waals surface area contributed by atoms with Gasteiger partial charge in [0.15, 0.2) is 0 Å². The van der Waals surface area contributed by atoms with Gasteiger partial charge >= 0.3 is 0 Å². The number of rotatable bonds is 7. The Balaban J connectivity index is 2.04. The lowest BCUT2D eigenvalue weighted by Crippen LogP contribution is -2.23. The van der Waals surface area contributed by atoms with Crippen molar-refractivity contribution in [3.63, 3.8) is 0 Å². The van der Waals surface area contributed by atoms with E-state index in [1.54, 1.807) is 11.3 Å². The molecule has 0 aliphatic rings. The maximum atomic E-state index is 3.66. The minimum Gasteiger partial charge on any atom is -0.310 e. The lowest BCUT2D eigenvalue weighted by atomic mass is 10.1. The molecular formula is C15H21NS2. The molecule has 0 aliphatic carbocycles. The summed E-state index contributed by atoms with van der Waals surface area (Å²) in [5, 5.41) is 8.09. The first-order chi connectivity index (χ1) is 8.83. The first-order valence-corrected chi connectivity index (χ1v) is 8.42. The molecule has 3 heteroatoms. The molecule has 18 heavy (non-hydrogen) atoms. The van der Waals surface area contributed by atoms with Gasteiger partial charge in [-0.3, -0.25) is 0 Å². The maximum absolute atomic E-state index is 3.66. The van der Waals surface area contributed by atoms with Gasteiger partial charge in [-0.1, -0.05) is 13.8 Å². The average Bonchev–Trinajstić information content (AvgIpc) is 3.05. The Morgan fingerprint density at radius 2 is 2.00 bits per heavy atom. The summed E-state index contributed by atoms with van der Waals surface area (Å²) in [6.45, 7) is 5.53. The van der Waals surface area contributed by atoms with Crippen LogP contribution in [0.15, 0.2) is 29.0 Å². The maximum Gasteiger partial charge on any atom is 0.0377 e.